The Balaban J connectivity index is 2.05. The van der Waals surface area contributed by atoms with Crippen molar-refractivity contribution in [3.63, 3.8) is 0 Å². The minimum Gasteiger partial charge on any atom is -0.324 e. The van der Waals surface area contributed by atoms with E-state index in [1.165, 1.54) is 43.2 Å². The lowest BCUT2D eigenvalue weighted by molar-refractivity contribution is 0.351. The van der Waals surface area contributed by atoms with Gasteiger partial charge in [0.05, 0.1) is 0 Å². The first-order chi connectivity index (χ1) is 8.22. The van der Waals surface area contributed by atoms with Gasteiger partial charge in [-0.1, -0.05) is 57.4 Å². The zero-order valence-electron chi connectivity index (χ0n) is 11.2. The van der Waals surface area contributed by atoms with Crippen LogP contribution in [0.3, 0.4) is 0 Å². The van der Waals surface area contributed by atoms with E-state index in [9.17, 15) is 0 Å². The average Bonchev–Trinajstić information content (AvgIpc) is 2.76. The number of aryl methyl sites for hydroxylation is 1. The third kappa shape index (κ3) is 2.90. The first-order valence-electron chi connectivity index (χ1n) is 7.06. The molecule has 1 heteroatoms. The molecule has 1 aliphatic carbocycles. The molecule has 0 heterocycles. The third-order valence-electron chi connectivity index (χ3n) is 4.29. The second-order valence-electron chi connectivity index (χ2n) is 5.59. The standard InChI is InChI=1S/C16H25N/c1-3-5-13-8-10-14(11-9-13)16(17)15-7-4-6-12(15)2/h8-12,15-16H,3-7,17H2,1-2H3. The first kappa shape index (κ1) is 12.6. The number of rotatable bonds is 4. The highest BCUT2D eigenvalue weighted by atomic mass is 14.7. The van der Waals surface area contributed by atoms with Crippen LogP contribution in [-0.4, -0.2) is 0 Å². The maximum absolute atomic E-state index is 6.41. The lowest BCUT2D eigenvalue weighted by Gasteiger charge is -2.23. The summed E-state index contributed by atoms with van der Waals surface area (Å²) in [7, 11) is 0. The molecule has 3 unspecified atom stereocenters. The van der Waals surface area contributed by atoms with Crippen molar-refractivity contribution in [3.8, 4) is 0 Å². The van der Waals surface area contributed by atoms with Crippen molar-refractivity contribution in [1.29, 1.82) is 0 Å². The van der Waals surface area contributed by atoms with Crippen LogP contribution in [0.2, 0.25) is 0 Å². The number of benzene rings is 1. The molecule has 0 radical (unpaired) electrons. The van der Waals surface area contributed by atoms with Crippen LogP contribution in [0.4, 0.5) is 0 Å². The van der Waals surface area contributed by atoms with Crippen LogP contribution in [0.15, 0.2) is 24.3 Å². The predicted octanol–water partition coefficient (Wildman–Crippen LogP) is 4.08. The summed E-state index contributed by atoms with van der Waals surface area (Å²) in [5, 5.41) is 0. The quantitative estimate of drug-likeness (QED) is 0.830. The maximum Gasteiger partial charge on any atom is 0.0326 e. The summed E-state index contributed by atoms with van der Waals surface area (Å²) in [6.45, 7) is 4.57. The fraction of sp³-hybridized carbons (Fsp3) is 0.625. The highest BCUT2D eigenvalue weighted by Crippen LogP contribution is 2.38. The molecule has 0 aromatic heterocycles. The van der Waals surface area contributed by atoms with Crippen LogP contribution in [-0.2, 0) is 6.42 Å². The highest BCUT2D eigenvalue weighted by molar-refractivity contribution is 5.25. The number of hydrogen-bond acceptors (Lipinski definition) is 1. The summed E-state index contributed by atoms with van der Waals surface area (Å²) in [6, 6.07) is 9.21. The molecule has 0 bridgehead atoms. The summed E-state index contributed by atoms with van der Waals surface area (Å²) >= 11 is 0. The molecule has 2 N–H and O–H groups in total. The van der Waals surface area contributed by atoms with Gasteiger partial charge in [0.1, 0.15) is 0 Å². The van der Waals surface area contributed by atoms with Crippen molar-refractivity contribution in [2.24, 2.45) is 17.6 Å². The Bertz CT molecular complexity index is 341. The Morgan fingerprint density at radius 2 is 1.94 bits per heavy atom. The van der Waals surface area contributed by atoms with Crippen molar-refractivity contribution < 1.29 is 0 Å². The molecule has 1 saturated carbocycles. The molecule has 0 saturated heterocycles. The number of hydrogen-bond donors (Lipinski definition) is 1. The molecule has 17 heavy (non-hydrogen) atoms. The SMILES string of the molecule is CCCc1ccc(C(N)C2CCCC2C)cc1. The molecule has 0 aliphatic heterocycles. The van der Waals surface area contributed by atoms with Gasteiger partial charge in [-0.3, -0.25) is 0 Å². The molecule has 0 spiro atoms. The van der Waals surface area contributed by atoms with Crippen LogP contribution < -0.4 is 5.73 Å². The molecule has 2 rings (SSSR count). The smallest absolute Gasteiger partial charge is 0.0326 e. The van der Waals surface area contributed by atoms with E-state index in [1.54, 1.807) is 0 Å². The van der Waals surface area contributed by atoms with E-state index < -0.39 is 0 Å². The monoisotopic (exact) mass is 231 g/mol. The van der Waals surface area contributed by atoms with Crippen molar-refractivity contribution in [2.75, 3.05) is 0 Å². The predicted molar refractivity (Wildman–Crippen MR) is 73.9 cm³/mol. The Hall–Kier alpha value is -0.820. The minimum atomic E-state index is 0.239. The molecule has 0 amide bonds. The summed E-state index contributed by atoms with van der Waals surface area (Å²) in [5.74, 6) is 1.48. The molecule has 94 valence electrons. The molecule has 3 atom stereocenters. The van der Waals surface area contributed by atoms with E-state index in [4.69, 9.17) is 5.73 Å². The van der Waals surface area contributed by atoms with Crippen molar-refractivity contribution >= 4 is 0 Å². The Morgan fingerprint density at radius 1 is 1.24 bits per heavy atom. The lowest BCUT2D eigenvalue weighted by Crippen LogP contribution is -2.23. The van der Waals surface area contributed by atoms with Gasteiger partial charge in [-0.25, -0.2) is 0 Å². The number of nitrogens with two attached hydrogens (primary N) is 1. The van der Waals surface area contributed by atoms with Crippen LogP contribution in [0.5, 0.6) is 0 Å². The van der Waals surface area contributed by atoms with Gasteiger partial charge in [-0.05, 0) is 35.8 Å². The molecular formula is C16H25N. The fourth-order valence-corrected chi connectivity index (χ4v) is 3.15. The highest BCUT2D eigenvalue weighted by Gasteiger charge is 2.29. The summed E-state index contributed by atoms with van der Waals surface area (Å²) in [5.41, 5.74) is 9.17. The third-order valence-corrected chi connectivity index (χ3v) is 4.29. The summed E-state index contributed by atoms with van der Waals surface area (Å²) in [4.78, 5) is 0. The van der Waals surface area contributed by atoms with Gasteiger partial charge in [0.25, 0.3) is 0 Å². The van der Waals surface area contributed by atoms with E-state index in [0.717, 1.165) is 5.92 Å². The van der Waals surface area contributed by atoms with E-state index in [2.05, 4.69) is 38.1 Å². The molecule has 1 nitrogen and oxygen atoms in total. The molecule has 1 aromatic rings. The summed E-state index contributed by atoms with van der Waals surface area (Å²) in [6.07, 6.45) is 6.40. The van der Waals surface area contributed by atoms with Crippen LogP contribution in [0, 0.1) is 11.8 Å². The van der Waals surface area contributed by atoms with Crippen molar-refractivity contribution in [3.05, 3.63) is 35.4 Å². The van der Waals surface area contributed by atoms with Gasteiger partial charge in [0, 0.05) is 6.04 Å². The second-order valence-corrected chi connectivity index (χ2v) is 5.59. The van der Waals surface area contributed by atoms with Crippen molar-refractivity contribution in [1.82, 2.24) is 0 Å². The van der Waals surface area contributed by atoms with Gasteiger partial charge >= 0.3 is 0 Å². The molecule has 1 fully saturated rings. The van der Waals surface area contributed by atoms with E-state index >= 15 is 0 Å². The second kappa shape index (κ2) is 5.68. The maximum atomic E-state index is 6.41. The molecular weight excluding hydrogens is 206 g/mol. The fourth-order valence-electron chi connectivity index (χ4n) is 3.15. The van der Waals surface area contributed by atoms with Crippen LogP contribution in [0.1, 0.15) is 56.7 Å². The zero-order chi connectivity index (χ0) is 12.3. The van der Waals surface area contributed by atoms with Gasteiger partial charge < -0.3 is 5.73 Å². The van der Waals surface area contributed by atoms with Crippen molar-refractivity contribution in [2.45, 2.75) is 52.0 Å². The Labute approximate surface area is 105 Å². The Kier molecular flexibility index (Phi) is 4.22. The van der Waals surface area contributed by atoms with Gasteiger partial charge in [-0.15, -0.1) is 0 Å². The van der Waals surface area contributed by atoms with Gasteiger partial charge in [0.2, 0.25) is 0 Å². The van der Waals surface area contributed by atoms with E-state index in [1.807, 2.05) is 0 Å². The van der Waals surface area contributed by atoms with Crippen LogP contribution in [0.25, 0.3) is 0 Å². The van der Waals surface area contributed by atoms with Gasteiger partial charge in [-0.2, -0.15) is 0 Å². The minimum absolute atomic E-state index is 0.239. The topological polar surface area (TPSA) is 26.0 Å². The summed E-state index contributed by atoms with van der Waals surface area (Å²) < 4.78 is 0. The normalized spacial score (nSPS) is 26.1. The molecule has 1 aliphatic rings. The first-order valence-corrected chi connectivity index (χ1v) is 7.06. The van der Waals surface area contributed by atoms with E-state index in [0.29, 0.717) is 5.92 Å². The van der Waals surface area contributed by atoms with E-state index in [-0.39, 0.29) is 6.04 Å². The Morgan fingerprint density at radius 3 is 2.47 bits per heavy atom. The molecule has 1 aromatic carbocycles. The zero-order valence-corrected chi connectivity index (χ0v) is 11.2. The lowest BCUT2D eigenvalue weighted by atomic mass is 9.86. The average molecular weight is 231 g/mol. The van der Waals surface area contributed by atoms with Gasteiger partial charge in [0.15, 0.2) is 0 Å². The largest absolute Gasteiger partial charge is 0.324 e. The van der Waals surface area contributed by atoms with Crippen LogP contribution >= 0.6 is 0 Å².